The molecular weight excluding hydrogens is 364 g/mol. The molecule has 2 atom stereocenters. The van der Waals surface area contributed by atoms with E-state index in [-0.39, 0.29) is 23.6 Å². The van der Waals surface area contributed by atoms with E-state index in [1.54, 1.807) is 22.7 Å². The largest absolute Gasteiger partial charge is 0.494 e. The molecule has 2 aliphatic rings. The van der Waals surface area contributed by atoms with E-state index in [0.717, 1.165) is 31.6 Å². The van der Waals surface area contributed by atoms with Crippen molar-refractivity contribution in [2.45, 2.75) is 19.8 Å². The molecule has 2 N–H and O–H groups in total. The highest BCUT2D eigenvalue weighted by Crippen LogP contribution is 2.39. The number of carbonyl (C=O) groups is 1. The molecule has 130 valence electrons. The number of amides is 1. The number of nitrogens with one attached hydrogen (secondary N) is 1. The Morgan fingerprint density at radius 3 is 2.58 bits per heavy atom. The predicted octanol–water partition coefficient (Wildman–Crippen LogP) is 3.08. The third-order valence-corrected chi connectivity index (χ3v) is 7.05. The van der Waals surface area contributed by atoms with Gasteiger partial charge in [0.1, 0.15) is 0 Å². The number of carbonyl (C=O) groups excluding carboxylic acids is 1. The van der Waals surface area contributed by atoms with Crippen LogP contribution in [0, 0.1) is 19.8 Å². The number of hydrogen-bond acceptors (Lipinski definition) is 4. The number of thiophene rings is 2. The summed E-state index contributed by atoms with van der Waals surface area (Å²) in [6.45, 7) is 4.09. The van der Waals surface area contributed by atoms with Crippen LogP contribution in [0.2, 0.25) is 0 Å². The second-order valence-electron chi connectivity index (χ2n) is 6.72. The highest BCUT2D eigenvalue weighted by atomic mass is 32.1. The zero-order valence-electron chi connectivity index (χ0n) is 14.2. The first-order valence-corrected chi connectivity index (χ1v) is 10.0. The van der Waals surface area contributed by atoms with Crippen LogP contribution in [-0.2, 0) is 4.79 Å². The molecule has 1 amide bonds. The maximum atomic E-state index is 12.6. The van der Waals surface area contributed by atoms with Gasteiger partial charge < -0.3 is 10.1 Å². The van der Waals surface area contributed by atoms with Crippen molar-refractivity contribution >= 4 is 46.4 Å². The van der Waals surface area contributed by atoms with Gasteiger partial charge in [0.25, 0.3) is 5.91 Å². The van der Waals surface area contributed by atoms with Crippen LogP contribution in [0.15, 0.2) is 29.3 Å². The number of rotatable bonds is 2. The van der Waals surface area contributed by atoms with Crippen LogP contribution >= 0.6 is 22.7 Å². The first-order valence-electron chi connectivity index (χ1n) is 8.41. The van der Waals surface area contributed by atoms with Crippen LogP contribution in [0.3, 0.4) is 0 Å². The lowest BCUT2D eigenvalue weighted by Gasteiger charge is -2.15. The minimum atomic E-state index is -0.258. The van der Waals surface area contributed by atoms with Crippen molar-refractivity contribution in [1.82, 2.24) is 4.98 Å². The highest BCUT2D eigenvalue weighted by Gasteiger charge is 2.39. The summed E-state index contributed by atoms with van der Waals surface area (Å²) in [6.07, 6.45) is 4.00. The van der Waals surface area contributed by atoms with Gasteiger partial charge in [-0.15, -0.1) is 22.7 Å². The monoisotopic (exact) mass is 380 g/mol. The number of hydrogen-bond donors (Lipinski definition) is 2. The molecule has 4 heterocycles. The van der Waals surface area contributed by atoms with Crippen LogP contribution in [0.1, 0.15) is 20.5 Å². The number of aliphatic imine (C=N–C) groups is 1. The summed E-state index contributed by atoms with van der Waals surface area (Å²) in [6, 6.07) is 8.12. The molecule has 1 aliphatic heterocycles. The van der Waals surface area contributed by atoms with Gasteiger partial charge in [0.15, 0.2) is 5.88 Å². The topological polar surface area (TPSA) is 65.4 Å². The van der Waals surface area contributed by atoms with E-state index in [0.29, 0.717) is 0 Å². The lowest BCUT2D eigenvalue weighted by atomic mass is 9.86. The molecule has 2 unspecified atom stereocenters. The summed E-state index contributed by atoms with van der Waals surface area (Å²) >= 11 is 3.29. The zero-order chi connectivity index (χ0) is 18.0. The van der Waals surface area contributed by atoms with E-state index in [4.69, 9.17) is 0 Å². The molecule has 0 spiro atoms. The molecule has 6 heteroatoms. The molecule has 0 aromatic carbocycles. The Balaban J connectivity index is 1.68. The Labute approximate surface area is 157 Å². The Bertz CT molecular complexity index is 1210. The van der Waals surface area contributed by atoms with Crippen molar-refractivity contribution < 1.29 is 9.90 Å². The number of aromatic amines is 1. The van der Waals surface area contributed by atoms with E-state index in [1.807, 2.05) is 50.3 Å². The van der Waals surface area contributed by atoms with Gasteiger partial charge in [-0.05, 0) is 50.3 Å². The molecule has 4 nitrogen and oxygen atoms in total. The Morgan fingerprint density at radius 2 is 1.88 bits per heavy atom. The van der Waals surface area contributed by atoms with Gasteiger partial charge in [-0.2, -0.15) is 0 Å². The molecule has 5 rings (SSSR count). The van der Waals surface area contributed by atoms with E-state index in [2.05, 4.69) is 9.98 Å². The van der Waals surface area contributed by atoms with Crippen LogP contribution in [-0.4, -0.2) is 21.7 Å². The van der Waals surface area contributed by atoms with Crippen molar-refractivity contribution in [1.29, 1.82) is 0 Å². The lowest BCUT2D eigenvalue weighted by Crippen LogP contribution is -2.33. The van der Waals surface area contributed by atoms with Gasteiger partial charge in [0.05, 0.1) is 17.2 Å². The van der Waals surface area contributed by atoms with Gasteiger partial charge in [-0.1, -0.05) is 0 Å². The summed E-state index contributed by atoms with van der Waals surface area (Å²) in [5.41, 5.74) is 1.57. The molecule has 3 aromatic rings. The molecule has 0 radical (unpaired) electrons. The van der Waals surface area contributed by atoms with Crippen LogP contribution in [0.5, 0.6) is 5.88 Å². The van der Waals surface area contributed by atoms with Crippen molar-refractivity contribution in [3.8, 4) is 16.3 Å². The molecule has 3 aromatic heterocycles. The smallest absolute Gasteiger partial charge is 0.255 e. The Kier molecular flexibility index (Phi) is 3.36. The van der Waals surface area contributed by atoms with Crippen molar-refractivity contribution in [2.24, 2.45) is 10.9 Å². The number of H-pyrrole nitrogens is 1. The average molecular weight is 380 g/mol. The SMILES string of the molecule is Cc1ccc(-c2c(O)[nH]c3c2=CC2=NC(=O)C(c4ccc(C)s4)C2C=3)s1. The molecule has 0 bridgehead atoms. The van der Waals surface area contributed by atoms with E-state index in [1.165, 1.54) is 9.75 Å². The fourth-order valence-corrected chi connectivity index (χ4v) is 5.72. The van der Waals surface area contributed by atoms with Gasteiger partial charge in [-0.25, -0.2) is 4.99 Å². The minimum absolute atomic E-state index is 0.0796. The maximum absolute atomic E-state index is 12.6. The fourth-order valence-electron chi connectivity index (χ4n) is 3.77. The molecule has 0 fully saturated rings. The lowest BCUT2D eigenvalue weighted by molar-refractivity contribution is -0.118. The Hall–Kier alpha value is -2.44. The second kappa shape index (κ2) is 5.53. The second-order valence-corrected chi connectivity index (χ2v) is 9.33. The third kappa shape index (κ3) is 2.26. The van der Waals surface area contributed by atoms with E-state index in [9.17, 15) is 9.90 Å². The number of aryl methyl sites for hydroxylation is 2. The van der Waals surface area contributed by atoms with Gasteiger partial charge in [-0.3, -0.25) is 4.79 Å². The minimum Gasteiger partial charge on any atom is -0.494 e. The quantitative estimate of drug-likeness (QED) is 0.718. The molecular formula is C20H16N2O2S2. The van der Waals surface area contributed by atoms with Crippen LogP contribution in [0.4, 0.5) is 0 Å². The Morgan fingerprint density at radius 1 is 1.12 bits per heavy atom. The van der Waals surface area contributed by atoms with Crippen molar-refractivity contribution in [2.75, 3.05) is 0 Å². The molecule has 26 heavy (non-hydrogen) atoms. The maximum Gasteiger partial charge on any atom is 0.255 e. The summed E-state index contributed by atoms with van der Waals surface area (Å²) < 4.78 is 0. The number of nitrogens with zero attached hydrogens (tertiary/aromatic N) is 1. The van der Waals surface area contributed by atoms with Gasteiger partial charge in [0.2, 0.25) is 0 Å². The zero-order valence-corrected chi connectivity index (χ0v) is 15.9. The number of fused-ring (bicyclic) bond motifs is 2. The molecule has 0 saturated carbocycles. The van der Waals surface area contributed by atoms with E-state index >= 15 is 0 Å². The molecule has 1 aliphatic carbocycles. The standard InChI is InChI=1S/C20H16N2O2S2/c1-9-3-5-15(25-9)17-11-7-14-12(8-13(11)21-19(17)23)18(20(24)22-14)16-6-4-10(2)26-16/h3-8,11,17,22,24H,1-2H3. The summed E-state index contributed by atoms with van der Waals surface area (Å²) in [4.78, 5) is 24.4. The normalized spacial score (nSPS) is 21.0. The van der Waals surface area contributed by atoms with Crippen molar-refractivity contribution in [3.63, 3.8) is 0 Å². The third-order valence-electron chi connectivity index (χ3n) is 4.95. The molecule has 0 saturated heterocycles. The first kappa shape index (κ1) is 15.8. The highest BCUT2D eigenvalue weighted by molar-refractivity contribution is 7.15. The number of aromatic hydroxyl groups is 1. The summed E-state index contributed by atoms with van der Waals surface area (Å²) in [7, 11) is 0. The van der Waals surface area contributed by atoms with E-state index < -0.39 is 0 Å². The van der Waals surface area contributed by atoms with Crippen LogP contribution < -0.4 is 10.6 Å². The fraction of sp³-hybridized carbons (Fsp3) is 0.200. The average Bonchev–Trinajstić information content (AvgIpc) is 3.31. The van der Waals surface area contributed by atoms with Crippen LogP contribution in [0.25, 0.3) is 22.6 Å². The first-order chi connectivity index (χ1) is 12.5. The number of aromatic nitrogens is 1. The predicted molar refractivity (Wildman–Crippen MR) is 106 cm³/mol. The van der Waals surface area contributed by atoms with Gasteiger partial charge >= 0.3 is 0 Å². The van der Waals surface area contributed by atoms with Crippen molar-refractivity contribution in [3.05, 3.63) is 49.5 Å². The van der Waals surface area contributed by atoms with Gasteiger partial charge in [0, 0.05) is 36.0 Å². The summed E-state index contributed by atoms with van der Waals surface area (Å²) in [5.74, 6) is -0.253. The summed E-state index contributed by atoms with van der Waals surface area (Å²) in [5, 5.41) is 12.2.